The van der Waals surface area contributed by atoms with Gasteiger partial charge in [-0.2, -0.15) is 0 Å². The maximum atomic E-state index is 12.2. The van der Waals surface area contributed by atoms with E-state index in [0.717, 1.165) is 0 Å². The molecule has 0 N–H and O–H groups in total. The Morgan fingerprint density at radius 3 is 2.73 bits per heavy atom. The molecule has 0 aliphatic carbocycles. The van der Waals surface area contributed by atoms with Crippen LogP contribution in [0, 0.1) is 0 Å². The first kappa shape index (κ1) is 17.9. The lowest BCUT2D eigenvalue weighted by atomic mass is 10.1. The lowest BCUT2D eigenvalue weighted by Gasteiger charge is -2.12. The molecule has 0 aliphatic rings. The van der Waals surface area contributed by atoms with Crippen molar-refractivity contribution in [1.82, 2.24) is 14.5 Å². The highest BCUT2D eigenvalue weighted by atomic mass is 35.5. The Bertz CT molecular complexity index is 984. The molecule has 3 aromatic rings. The van der Waals surface area contributed by atoms with Gasteiger partial charge in [0.25, 0.3) is 0 Å². The Kier molecular flexibility index (Phi) is 5.18. The number of aldehydes is 1. The molecular formula is C18H16ClN3O4. The first-order valence-electron chi connectivity index (χ1n) is 8.01. The lowest BCUT2D eigenvalue weighted by molar-refractivity contribution is 0.0521. The second kappa shape index (κ2) is 7.53. The molecule has 7 nitrogen and oxygen atoms in total. The molecule has 3 rings (SSSR count). The molecule has 0 bridgehead atoms. The van der Waals surface area contributed by atoms with Gasteiger partial charge in [-0.15, -0.1) is 0 Å². The van der Waals surface area contributed by atoms with Crippen LogP contribution in [0.4, 0.5) is 0 Å². The second-order valence-corrected chi connectivity index (χ2v) is 5.72. The fourth-order valence-electron chi connectivity index (χ4n) is 2.50. The highest BCUT2D eigenvalue weighted by Gasteiger charge is 2.18. The highest BCUT2D eigenvalue weighted by Crippen LogP contribution is 2.30. The van der Waals surface area contributed by atoms with Crippen molar-refractivity contribution < 1.29 is 19.1 Å². The van der Waals surface area contributed by atoms with E-state index in [0.29, 0.717) is 34.5 Å². The number of benzene rings is 1. The van der Waals surface area contributed by atoms with Gasteiger partial charge >= 0.3 is 5.97 Å². The van der Waals surface area contributed by atoms with Crippen molar-refractivity contribution in [2.45, 2.75) is 13.8 Å². The Labute approximate surface area is 154 Å². The minimum atomic E-state index is -0.507. The standard InChI is InChI=1S/C18H16ClN3O4/c1-3-25-17-13(18(24)26-4-2)5-11-6-16(14(19)7-15(11)21-17)22-8-12(9-23)20-10-22/h5-10H,3-4H2,1-2H3. The van der Waals surface area contributed by atoms with Crippen LogP contribution in [0.2, 0.25) is 5.02 Å². The number of aromatic nitrogens is 3. The van der Waals surface area contributed by atoms with Gasteiger partial charge in [0.2, 0.25) is 5.88 Å². The number of fused-ring (bicyclic) bond motifs is 1. The summed E-state index contributed by atoms with van der Waals surface area (Å²) in [7, 11) is 0. The molecular weight excluding hydrogens is 358 g/mol. The number of pyridine rings is 1. The molecule has 0 radical (unpaired) electrons. The maximum Gasteiger partial charge on any atom is 0.343 e. The number of carbonyl (C=O) groups excluding carboxylic acids is 2. The van der Waals surface area contributed by atoms with Gasteiger partial charge in [0.1, 0.15) is 17.6 Å². The number of esters is 1. The SMILES string of the molecule is CCOC(=O)c1cc2cc(-n3cnc(C=O)c3)c(Cl)cc2nc1OCC. The van der Waals surface area contributed by atoms with E-state index >= 15 is 0 Å². The van der Waals surface area contributed by atoms with Crippen LogP contribution in [0.1, 0.15) is 34.7 Å². The number of ether oxygens (including phenoxy) is 2. The number of rotatable bonds is 6. The van der Waals surface area contributed by atoms with E-state index in [-0.39, 0.29) is 23.7 Å². The van der Waals surface area contributed by atoms with Gasteiger partial charge in [0.05, 0.1) is 29.4 Å². The quantitative estimate of drug-likeness (QED) is 0.486. The highest BCUT2D eigenvalue weighted by molar-refractivity contribution is 6.33. The third kappa shape index (κ3) is 3.39. The Balaban J connectivity index is 2.16. The Hall–Kier alpha value is -2.93. The minimum absolute atomic E-state index is 0.202. The summed E-state index contributed by atoms with van der Waals surface area (Å²) in [6.07, 6.45) is 3.71. The molecule has 2 heterocycles. The van der Waals surface area contributed by atoms with Crippen molar-refractivity contribution in [3.63, 3.8) is 0 Å². The monoisotopic (exact) mass is 373 g/mol. The second-order valence-electron chi connectivity index (χ2n) is 5.31. The smallest absolute Gasteiger partial charge is 0.343 e. The molecule has 1 aromatic carbocycles. The summed E-state index contributed by atoms with van der Waals surface area (Å²) in [6, 6.07) is 5.09. The Morgan fingerprint density at radius 1 is 1.27 bits per heavy atom. The summed E-state index contributed by atoms with van der Waals surface area (Å²) in [4.78, 5) is 31.4. The van der Waals surface area contributed by atoms with E-state index in [1.54, 1.807) is 42.8 Å². The van der Waals surface area contributed by atoms with Gasteiger partial charge in [0.15, 0.2) is 6.29 Å². The number of hydrogen-bond acceptors (Lipinski definition) is 6. The molecule has 0 aliphatic heterocycles. The summed E-state index contributed by atoms with van der Waals surface area (Å²) in [5.74, 6) is -0.305. The van der Waals surface area contributed by atoms with E-state index in [9.17, 15) is 9.59 Å². The predicted octanol–water partition coefficient (Wildman–Crippen LogP) is 3.46. The summed E-state index contributed by atoms with van der Waals surface area (Å²) in [6.45, 7) is 4.15. The first-order valence-corrected chi connectivity index (χ1v) is 8.39. The van der Waals surface area contributed by atoms with Crippen molar-refractivity contribution in [2.75, 3.05) is 13.2 Å². The van der Waals surface area contributed by atoms with Crippen LogP contribution >= 0.6 is 11.6 Å². The zero-order valence-electron chi connectivity index (χ0n) is 14.2. The van der Waals surface area contributed by atoms with Crippen molar-refractivity contribution in [3.05, 3.63) is 47.0 Å². The Morgan fingerprint density at radius 2 is 2.08 bits per heavy atom. The van der Waals surface area contributed by atoms with E-state index in [4.69, 9.17) is 21.1 Å². The fraction of sp³-hybridized carbons (Fsp3) is 0.222. The number of halogens is 1. The molecule has 0 amide bonds. The predicted molar refractivity (Wildman–Crippen MR) is 96.4 cm³/mol. The van der Waals surface area contributed by atoms with E-state index in [1.165, 1.54) is 6.33 Å². The average molecular weight is 374 g/mol. The van der Waals surface area contributed by atoms with Crippen LogP contribution in [-0.2, 0) is 4.74 Å². The molecule has 0 spiro atoms. The van der Waals surface area contributed by atoms with Crippen LogP contribution in [0.5, 0.6) is 5.88 Å². The van der Waals surface area contributed by atoms with E-state index in [1.807, 2.05) is 0 Å². The van der Waals surface area contributed by atoms with Gasteiger partial charge in [-0.25, -0.2) is 14.8 Å². The molecule has 0 saturated heterocycles. The molecule has 0 saturated carbocycles. The topological polar surface area (TPSA) is 83.3 Å². The van der Waals surface area contributed by atoms with Crippen LogP contribution in [0.25, 0.3) is 16.6 Å². The summed E-state index contributed by atoms with van der Waals surface area (Å²) in [5, 5.41) is 1.10. The van der Waals surface area contributed by atoms with E-state index < -0.39 is 5.97 Å². The van der Waals surface area contributed by atoms with Crippen LogP contribution < -0.4 is 4.74 Å². The van der Waals surface area contributed by atoms with Gasteiger partial charge in [0, 0.05) is 11.6 Å². The zero-order chi connectivity index (χ0) is 18.7. The largest absolute Gasteiger partial charge is 0.477 e. The average Bonchev–Trinajstić information content (AvgIpc) is 3.10. The van der Waals surface area contributed by atoms with Gasteiger partial charge < -0.3 is 14.0 Å². The number of imidazole rings is 1. The number of carbonyl (C=O) groups is 2. The van der Waals surface area contributed by atoms with Gasteiger partial charge in [-0.05, 0) is 32.0 Å². The summed E-state index contributed by atoms with van der Waals surface area (Å²) >= 11 is 6.36. The third-order valence-electron chi connectivity index (χ3n) is 3.63. The first-order chi connectivity index (χ1) is 12.6. The lowest BCUT2D eigenvalue weighted by Crippen LogP contribution is -2.09. The molecule has 134 valence electrons. The molecule has 26 heavy (non-hydrogen) atoms. The van der Waals surface area contributed by atoms with Crippen LogP contribution in [0.15, 0.2) is 30.7 Å². The molecule has 0 fully saturated rings. The van der Waals surface area contributed by atoms with Gasteiger partial charge in [-0.3, -0.25) is 4.79 Å². The molecule has 0 atom stereocenters. The van der Waals surface area contributed by atoms with Crippen molar-refractivity contribution in [1.29, 1.82) is 0 Å². The summed E-state index contributed by atoms with van der Waals surface area (Å²) in [5.41, 5.74) is 1.72. The van der Waals surface area contributed by atoms with Crippen molar-refractivity contribution in [3.8, 4) is 11.6 Å². The molecule has 8 heteroatoms. The van der Waals surface area contributed by atoms with Crippen molar-refractivity contribution >= 4 is 34.8 Å². The minimum Gasteiger partial charge on any atom is -0.477 e. The normalized spacial score (nSPS) is 10.7. The van der Waals surface area contributed by atoms with E-state index in [2.05, 4.69) is 9.97 Å². The molecule has 0 unspecified atom stereocenters. The van der Waals surface area contributed by atoms with Gasteiger partial charge in [-0.1, -0.05) is 11.6 Å². The maximum absolute atomic E-state index is 12.2. The number of hydrogen-bond donors (Lipinski definition) is 0. The number of nitrogens with zero attached hydrogens (tertiary/aromatic N) is 3. The van der Waals surface area contributed by atoms with Crippen molar-refractivity contribution in [2.24, 2.45) is 0 Å². The fourth-order valence-corrected chi connectivity index (χ4v) is 2.75. The van der Waals surface area contributed by atoms with Crippen LogP contribution in [0.3, 0.4) is 0 Å². The molecule has 2 aromatic heterocycles. The summed E-state index contributed by atoms with van der Waals surface area (Å²) < 4.78 is 12.2. The zero-order valence-corrected chi connectivity index (χ0v) is 15.0. The third-order valence-corrected chi connectivity index (χ3v) is 3.93. The van der Waals surface area contributed by atoms with Crippen LogP contribution in [-0.4, -0.2) is 40.0 Å².